The number of amides is 1. The van der Waals surface area contributed by atoms with Gasteiger partial charge in [-0.05, 0) is 36.8 Å². The highest BCUT2D eigenvalue weighted by Gasteiger charge is 2.34. The summed E-state index contributed by atoms with van der Waals surface area (Å²) in [7, 11) is 0. The zero-order valence-corrected chi connectivity index (χ0v) is 14.6. The van der Waals surface area contributed by atoms with Crippen LogP contribution in [-0.4, -0.2) is 17.6 Å². The molecule has 0 unspecified atom stereocenters. The molecule has 0 saturated carbocycles. The lowest BCUT2D eigenvalue weighted by Crippen LogP contribution is -2.27. The Morgan fingerprint density at radius 1 is 1.07 bits per heavy atom. The lowest BCUT2D eigenvalue weighted by atomic mass is 10.0. The number of nitrogens with zero attached hydrogens (tertiary/aromatic N) is 2. The van der Waals surface area contributed by atoms with Crippen molar-refractivity contribution in [3.05, 3.63) is 70.1 Å². The first-order valence-electron chi connectivity index (χ1n) is 8.20. The van der Waals surface area contributed by atoms with E-state index in [9.17, 15) is 14.4 Å². The van der Waals surface area contributed by atoms with Crippen LogP contribution in [0.15, 0.2) is 62.8 Å². The first kappa shape index (κ1) is 16.7. The molecule has 1 amide bonds. The highest BCUT2D eigenvalue weighted by molar-refractivity contribution is 6.48. The van der Waals surface area contributed by atoms with Gasteiger partial charge in [0, 0.05) is 18.4 Å². The first-order chi connectivity index (χ1) is 13.0. The molecule has 4 rings (SSSR count). The summed E-state index contributed by atoms with van der Waals surface area (Å²) in [4.78, 5) is 36.6. The maximum absolute atomic E-state index is 12.9. The van der Waals surface area contributed by atoms with Gasteiger partial charge in [-0.2, -0.15) is 5.01 Å². The molecule has 0 atom stereocenters. The number of fused-ring (bicyclic) bond motifs is 3. The molecule has 0 bridgehead atoms. The van der Waals surface area contributed by atoms with Gasteiger partial charge in [-0.1, -0.05) is 18.2 Å². The zero-order valence-electron chi connectivity index (χ0n) is 14.6. The number of ether oxygens (including phenoxy) is 1. The van der Waals surface area contributed by atoms with Gasteiger partial charge in [0.1, 0.15) is 11.3 Å². The average Bonchev–Trinajstić information content (AvgIpc) is 2.96. The van der Waals surface area contributed by atoms with Gasteiger partial charge < -0.3 is 9.15 Å². The summed E-state index contributed by atoms with van der Waals surface area (Å²) < 4.78 is 10.8. The molecule has 0 fully saturated rings. The molecule has 27 heavy (non-hydrogen) atoms. The minimum absolute atomic E-state index is 0.128. The summed E-state index contributed by atoms with van der Waals surface area (Å²) in [6, 6.07) is 13.4. The maximum Gasteiger partial charge on any atom is 0.336 e. The van der Waals surface area contributed by atoms with Gasteiger partial charge in [0.15, 0.2) is 5.58 Å². The van der Waals surface area contributed by atoms with Gasteiger partial charge in [0.05, 0.1) is 5.69 Å². The van der Waals surface area contributed by atoms with Crippen LogP contribution in [0, 0.1) is 6.92 Å². The van der Waals surface area contributed by atoms with Crippen molar-refractivity contribution in [3.8, 4) is 5.75 Å². The smallest absolute Gasteiger partial charge is 0.336 e. The Labute approximate surface area is 153 Å². The Hall–Kier alpha value is -3.74. The van der Waals surface area contributed by atoms with Crippen LogP contribution in [0.4, 0.5) is 5.69 Å². The molecular weight excluding hydrogens is 348 g/mol. The molecule has 0 N–H and O–H groups in total. The second kappa shape index (κ2) is 6.21. The van der Waals surface area contributed by atoms with Crippen molar-refractivity contribution in [1.82, 2.24) is 0 Å². The van der Waals surface area contributed by atoms with Crippen molar-refractivity contribution in [2.75, 3.05) is 5.01 Å². The number of carbonyl (C=O) groups excluding carboxylic acids is 2. The van der Waals surface area contributed by atoms with Gasteiger partial charge in [0.2, 0.25) is 5.91 Å². The summed E-state index contributed by atoms with van der Waals surface area (Å²) >= 11 is 0. The van der Waals surface area contributed by atoms with Crippen molar-refractivity contribution >= 4 is 34.2 Å². The van der Waals surface area contributed by atoms with E-state index in [0.29, 0.717) is 16.6 Å². The van der Waals surface area contributed by atoms with Crippen LogP contribution < -0.4 is 15.4 Å². The van der Waals surface area contributed by atoms with E-state index >= 15 is 0 Å². The number of hydrogen-bond acceptors (Lipinski definition) is 6. The predicted octanol–water partition coefficient (Wildman–Crippen LogP) is 3.04. The van der Waals surface area contributed by atoms with Crippen LogP contribution in [-0.2, 0) is 4.79 Å². The third-order valence-corrected chi connectivity index (χ3v) is 4.20. The Bertz CT molecular complexity index is 1180. The summed E-state index contributed by atoms with van der Waals surface area (Å²) in [6.07, 6.45) is 0. The van der Waals surface area contributed by atoms with Crippen LogP contribution in [0.5, 0.6) is 5.75 Å². The van der Waals surface area contributed by atoms with Crippen LogP contribution in [0.3, 0.4) is 0 Å². The number of hydrazone groups is 1. The largest absolute Gasteiger partial charge is 0.434 e. The Balaban J connectivity index is 1.84. The number of benzene rings is 2. The first-order valence-corrected chi connectivity index (χ1v) is 8.20. The minimum Gasteiger partial charge on any atom is -0.434 e. The SMILES string of the molecule is CC(=O)N(/N=C1\Oc2ccc3c(C)cc(=O)oc3c2C1=O)c1ccccc1. The molecule has 7 nitrogen and oxygen atoms in total. The fraction of sp³-hybridized carbons (Fsp3) is 0.100. The molecule has 7 heteroatoms. The van der Waals surface area contributed by atoms with Gasteiger partial charge in [-0.15, -0.1) is 5.10 Å². The average molecular weight is 362 g/mol. The third-order valence-electron chi connectivity index (χ3n) is 4.20. The lowest BCUT2D eigenvalue weighted by molar-refractivity contribution is -0.116. The molecule has 1 aromatic heterocycles. The van der Waals surface area contributed by atoms with Gasteiger partial charge in [-0.25, -0.2) is 4.79 Å². The normalized spacial score (nSPS) is 14.3. The summed E-state index contributed by atoms with van der Waals surface area (Å²) in [6.45, 7) is 3.09. The maximum atomic E-state index is 12.9. The number of anilines is 1. The van der Waals surface area contributed by atoms with Crippen molar-refractivity contribution in [3.63, 3.8) is 0 Å². The second-order valence-electron chi connectivity index (χ2n) is 6.07. The van der Waals surface area contributed by atoms with E-state index in [0.717, 1.165) is 5.01 Å². The quantitative estimate of drug-likeness (QED) is 0.516. The molecule has 2 heterocycles. The van der Waals surface area contributed by atoms with Crippen molar-refractivity contribution in [2.45, 2.75) is 13.8 Å². The highest BCUT2D eigenvalue weighted by atomic mass is 16.5. The fourth-order valence-electron chi connectivity index (χ4n) is 2.96. The van der Waals surface area contributed by atoms with E-state index < -0.39 is 11.4 Å². The van der Waals surface area contributed by atoms with E-state index in [1.807, 2.05) is 0 Å². The van der Waals surface area contributed by atoms with Crippen LogP contribution in [0.1, 0.15) is 22.8 Å². The standard InChI is InChI=1S/C20H14N2O5/c1-11-10-16(24)27-19-14(11)8-9-15-17(19)18(25)20(26-15)21-22(12(2)23)13-6-4-3-5-7-13/h3-10H,1-2H3/b21-20-. The monoisotopic (exact) mass is 362 g/mol. The molecule has 1 aliphatic heterocycles. The highest BCUT2D eigenvalue weighted by Crippen LogP contribution is 2.34. The predicted molar refractivity (Wildman–Crippen MR) is 99.2 cm³/mol. The molecule has 0 radical (unpaired) electrons. The molecule has 2 aromatic carbocycles. The molecule has 3 aromatic rings. The molecule has 134 valence electrons. The van der Waals surface area contributed by atoms with E-state index in [2.05, 4.69) is 5.10 Å². The Kier molecular flexibility index (Phi) is 3.84. The number of rotatable bonds is 2. The summed E-state index contributed by atoms with van der Waals surface area (Å²) in [5.41, 5.74) is 0.917. The number of Topliss-reactive ketones (excluding diaryl/α,β-unsaturated/α-hetero) is 1. The topological polar surface area (TPSA) is 89.2 Å². The fourth-order valence-corrected chi connectivity index (χ4v) is 2.96. The number of ketones is 1. The summed E-state index contributed by atoms with van der Waals surface area (Å²) in [5, 5.41) is 5.82. The molecular formula is C20H14N2O5. The molecule has 1 aliphatic rings. The third kappa shape index (κ3) is 2.79. The number of aryl methyl sites for hydroxylation is 1. The van der Waals surface area contributed by atoms with Crippen molar-refractivity contribution < 1.29 is 18.7 Å². The van der Waals surface area contributed by atoms with Crippen LogP contribution >= 0.6 is 0 Å². The molecule has 0 spiro atoms. The number of hydrogen-bond donors (Lipinski definition) is 0. The Morgan fingerprint density at radius 2 is 1.81 bits per heavy atom. The van der Waals surface area contributed by atoms with Crippen LogP contribution in [0.2, 0.25) is 0 Å². The lowest BCUT2D eigenvalue weighted by Gasteiger charge is -2.14. The van der Waals surface area contributed by atoms with Crippen LogP contribution in [0.25, 0.3) is 11.0 Å². The van der Waals surface area contributed by atoms with Gasteiger partial charge >= 0.3 is 5.63 Å². The van der Waals surface area contributed by atoms with Crippen molar-refractivity contribution in [1.29, 1.82) is 0 Å². The summed E-state index contributed by atoms with van der Waals surface area (Å²) in [5.74, 6) is -0.961. The zero-order chi connectivity index (χ0) is 19.1. The molecule has 0 saturated heterocycles. The van der Waals surface area contributed by atoms with E-state index in [-0.39, 0.29) is 28.7 Å². The van der Waals surface area contributed by atoms with Gasteiger partial charge in [-0.3, -0.25) is 9.59 Å². The number of para-hydroxylation sites is 1. The van der Waals surface area contributed by atoms with E-state index in [1.54, 1.807) is 49.4 Å². The molecule has 0 aliphatic carbocycles. The van der Waals surface area contributed by atoms with Gasteiger partial charge in [0.25, 0.3) is 11.7 Å². The second-order valence-corrected chi connectivity index (χ2v) is 6.07. The minimum atomic E-state index is -0.554. The Morgan fingerprint density at radius 3 is 2.52 bits per heavy atom. The van der Waals surface area contributed by atoms with Crippen molar-refractivity contribution in [2.24, 2.45) is 5.10 Å². The van der Waals surface area contributed by atoms with E-state index in [4.69, 9.17) is 9.15 Å². The van der Waals surface area contributed by atoms with E-state index in [1.165, 1.54) is 13.0 Å². The number of carbonyl (C=O) groups is 2.